The maximum absolute atomic E-state index is 14.2. The zero-order valence-electron chi connectivity index (χ0n) is 22.9. The number of rotatable bonds is 7. The molecule has 0 saturated carbocycles. The van der Waals surface area contributed by atoms with E-state index in [-0.39, 0.29) is 34.8 Å². The van der Waals surface area contributed by atoms with Crippen molar-refractivity contribution in [1.29, 1.82) is 0 Å². The number of aromatic amines is 1. The third kappa shape index (κ3) is 6.05. The third-order valence-electron chi connectivity index (χ3n) is 8.07. The van der Waals surface area contributed by atoms with Crippen LogP contribution < -0.4 is 10.6 Å². The van der Waals surface area contributed by atoms with Crippen LogP contribution in [0.5, 0.6) is 0 Å². The number of hydrogen-bond acceptors (Lipinski definition) is 7. The van der Waals surface area contributed by atoms with E-state index in [4.69, 9.17) is 0 Å². The molecule has 12 nitrogen and oxygen atoms in total. The number of amides is 3. The molecule has 5 N–H and O–H groups in total. The molecule has 0 bridgehead atoms. The number of benzene rings is 1. The van der Waals surface area contributed by atoms with Gasteiger partial charge in [0.1, 0.15) is 12.1 Å². The lowest BCUT2D eigenvalue weighted by molar-refractivity contribution is -0.142. The summed E-state index contributed by atoms with van der Waals surface area (Å²) < 4.78 is 26.2. The Hall–Kier alpha value is -3.71. The van der Waals surface area contributed by atoms with Crippen LogP contribution >= 0.6 is 18.9 Å². The molecular formula is C28H30FN6O6PS. The van der Waals surface area contributed by atoms with Crippen LogP contribution in [0.2, 0.25) is 0 Å². The monoisotopic (exact) mass is 628 g/mol. The van der Waals surface area contributed by atoms with Crippen molar-refractivity contribution in [3.05, 3.63) is 58.9 Å². The Kier molecular flexibility index (Phi) is 8.03. The van der Waals surface area contributed by atoms with Crippen LogP contribution in [0.25, 0.3) is 21.3 Å². The second kappa shape index (κ2) is 11.8. The summed E-state index contributed by atoms with van der Waals surface area (Å²) in [4.78, 5) is 72.1. The highest BCUT2D eigenvalue weighted by Gasteiger charge is 2.44. The van der Waals surface area contributed by atoms with Crippen molar-refractivity contribution < 1.29 is 33.1 Å². The molecule has 43 heavy (non-hydrogen) atoms. The van der Waals surface area contributed by atoms with Crippen molar-refractivity contribution in [3.63, 3.8) is 0 Å². The summed E-state index contributed by atoms with van der Waals surface area (Å²) in [5.74, 6) is -3.49. The predicted molar refractivity (Wildman–Crippen MR) is 157 cm³/mol. The molecule has 0 aliphatic carbocycles. The highest BCUT2D eigenvalue weighted by Crippen LogP contribution is 2.53. The Balaban J connectivity index is 1.15. The molecule has 4 atom stereocenters. The first kappa shape index (κ1) is 29.4. The molecule has 5 heterocycles. The van der Waals surface area contributed by atoms with Gasteiger partial charge in [-0.1, -0.05) is 18.9 Å². The summed E-state index contributed by atoms with van der Waals surface area (Å²) >= 11 is 1.13. The van der Waals surface area contributed by atoms with Gasteiger partial charge in [-0.2, -0.15) is 0 Å². The van der Waals surface area contributed by atoms with Crippen molar-refractivity contribution >= 4 is 57.9 Å². The molecule has 15 heteroatoms. The number of alkyl halides is 1. The largest absolute Gasteiger partial charge is 0.363 e. The first-order valence-electron chi connectivity index (χ1n) is 14.0. The molecule has 226 valence electrons. The smallest absolute Gasteiger partial charge is 0.350 e. The van der Waals surface area contributed by atoms with E-state index in [1.165, 1.54) is 24.3 Å². The lowest BCUT2D eigenvalue weighted by atomic mass is 9.99. The average molecular weight is 629 g/mol. The zero-order chi connectivity index (χ0) is 30.3. The summed E-state index contributed by atoms with van der Waals surface area (Å²) in [5, 5.41) is 6.25. The van der Waals surface area contributed by atoms with Crippen molar-refractivity contribution in [2.45, 2.75) is 69.1 Å². The lowest BCUT2D eigenvalue weighted by Gasteiger charge is -2.35. The van der Waals surface area contributed by atoms with Crippen molar-refractivity contribution in [2.24, 2.45) is 0 Å². The molecule has 3 amide bonds. The van der Waals surface area contributed by atoms with Gasteiger partial charge in [0, 0.05) is 23.5 Å². The number of fused-ring (bicyclic) bond motifs is 3. The van der Waals surface area contributed by atoms with E-state index in [1.54, 1.807) is 17.4 Å². The second-order valence-electron chi connectivity index (χ2n) is 11.0. The molecule has 2 fully saturated rings. The van der Waals surface area contributed by atoms with Crippen LogP contribution in [0.3, 0.4) is 0 Å². The molecule has 0 spiro atoms. The van der Waals surface area contributed by atoms with Gasteiger partial charge in [-0.15, -0.1) is 11.3 Å². The Bertz CT molecular complexity index is 1760. The number of H-pyrrole nitrogens is 1. The molecule has 1 unspecified atom stereocenters. The van der Waals surface area contributed by atoms with Crippen LogP contribution in [0.15, 0.2) is 42.9 Å². The maximum atomic E-state index is 14.2. The molecule has 2 aliphatic rings. The van der Waals surface area contributed by atoms with E-state index in [0.717, 1.165) is 41.7 Å². The summed E-state index contributed by atoms with van der Waals surface area (Å²) in [6, 6.07) is 5.94. The first-order chi connectivity index (χ1) is 20.6. The van der Waals surface area contributed by atoms with Gasteiger partial charge in [0.25, 0.3) is 5.91 Å². The number of aromatic nitrogens is 3. The minimum absolute atomic E-state index is 0.0867. The second-order valence-corrected chi connectivity index (χ2v) is 13.7. The number of pyridine rings is 1. The molecule has 4 aromatic rings. The first-order valence-corrected chi connectivity index (χ1v) is 16.5. The fourth-order valence-corrected chi connectivity index (χ4v) is 7.44. The van der Waals surface area contributed by atoms with Crippen molar-refractivity contribution in [1.82, 2.24) is 30.5 Å². The Labute approximate surface area is 249 Å². The van der Waals surface area contributed by atoms with Crippen LogP contribution in [-0.2, 0) is 20.7 Å². The zero-order valence-corrected chi connectivity index (χ0v) is 24.6. The fourth-order valence-electron chi connectivity index (χ4n) is 5.95. The third-order valence-corrected chi connectivity index (χ3v) is 10.1. The van der Waals surface area contributed by atoms with Crippen molar-refractivity contribution in [2.75, 3.05) is 0 Å². The Morgan fingerprint density at radius 2 is 1.95 bits per heavy atom. The summed E-state index contributed by atoms with van der Waals surface area (Å²) in [6.45, 7) is 0.245. The standard InChI is InChI=1S/C28H30FN6O6PS/c29-24(42(39,40)41)16-5-8-22-17(10-16)11-23(43-22)27(37)34-19-4-2-1-3-18-6-7-21(35(18)28(19)38)26(36)31-13-15-9-20-25(30-12-15)33-14-32-20/h5,8-12,14,18-19,21,24H,1-4,6-7,13H2,(H,31,36)(H,34,37)(H,30,32,33)(H2,39,40,41)/t18-,19-,21-,24?/m0/s1. The fraction of sp³-hybridized carbons (Fsp3) is 0.393. The van der Waals surface area contributed by atoms with E-state index < -0.39 is 31.5 Å². The minimum atomic E-state index is -4.98. The number of imidazole rings is 1. The highest BCUT2D eigenvalue weighted by molar-refractivity contribution is 7.51. The van der Waals surface area contributed by atoms with E-state index in [9.17, 15) is 33.1 Å². The lowest BCUT2D eigenvalue weighted by Crippen LogP contribution is -2.56. The van der Waals surface area contributed by atoms with Crippen LogP contribution in [0.1, 0.15) is 65.2 Å². The summed E-state index contributed by atoms with van der Waals surface area (Å²) in [6.07, 6.45) is 7.26. The van der Waals surface area contributed by atoms with Crippen LogP contribution in [0, 0.1) is 0 Å². The number of carbonyl (C=O) groups excluding carboxylic acids is 3. The van der Waals surface area contributed by atoms with Gasteiger partial charge in [0.15, 0.2) is 5.65 Å². The predicted octanol–water partition coefficient (Wildman–Crippen LogP) is 3.67. The molecular weight excluding hydrogens is 598 g/mol. The number of hydrogen-bond donors (Lipinski definition) is 5. The maximum Gasteiger partial charge on any atom is 0.363 e. The quantitative estimate of drug-likeness (QED) is 0.193. The molecule has 2 saturated heterocycles. The minimum Gasteiger partial charge on any atom is -0.350 e. The van der Waals surface area contributed by atoms with E-state index >= 15 is 0 Å². The van der Waals surface area contributed by atoms with Gasteiger partial charge >= 0.3 is 7.60 Å². The average Bonchev–Trinajstić information content (AvgIpc) is 3.72. The SMILES string of the molecule is O=C(N[C@H]1CCCC[C@H]2CC[C@@H](C(=O)NCc3cnc4nc[nH]c4c3)N2C1=O)c1cc2cc(C(F)P(=O)(O)O)ccc2s1. The van der Waals surface area contributed by atoms with Gasteiger partial charge in [0.2, 0.25) is 17.7 Å². The van der Waals surface area contributed by atoms with Gasteiger partial charge in [-0.05, 0) is 66.5 Å². The van der Waals surface area contributed by atoms with Gasteiger partial charge < -0.3 is 30.3 Å². The Morgan fingerprint density at radius 1 is 1.14 bits per heavy atom. The summed E-state index contributed by atoms with van der Waals surface area (Å²) in [7, 11) is -4.98. The van der Waals surface area contributed by atoms with Crippen LogP contribution in [0.4, 0.5) is 4.39 Å². The number of thiophene rings is 1. The van der Waals surface area contributed by atoms with E-state index in [1.807, 2.05) is 6.07 Å². The molecule has 3 aromatic heterocycles. The normalized spacial score (nSPS) is 21.8. The number of nitrogens with zero attached hydrogens (tertiary/aromatic N) is 3. The van der Waals surface area contributed by atoms with Gasteiger partial charge in [0.05, 0.1) is 16.7 Å². The summed E-state index contributed by atoms with van der Waals surface area (Å²) in [5.41, 5.74) is 1.96. The van der Waals surface area contributed by atoms with E-state index in [2.05, 4.69) is 25.6 Å². The Morgan fingerprint density at radius 3 is 2.77 bits per heavy atom. The van der Waals surface area contributed by atoms with Crippen LogP contribution in [-0.4, -0.2) is 65.5 Å². The molecule has 2 aliphatic heterocycles. The topological polar surface area (TPSA) is 178 Å². The molecule has 6 rings (SSSR count). The van der Waals surface area contributed by atoms with E-state index in [0.29, 0.717) is 35.0 Å². The number of halogens is 1. The van der Waals surface area contributed by atoms with Gasteiger partial charge in [-0.25, -0.2) is 14.4 Å². The van der Waals surface area contributed by atoms with Gasteiger partial charge in [-0.3, -0.25) is 18.9 Å². The molecule has 0 radical (unpaired) electrons. The number of nitrogens with one attached hydrogen (secondary N) is 3. The molecule has 1 aromatic carbocycles. The highest BCUT2D eigenvalue weighted by atomic mass is 32.1. The number of carbonyl (C=O) groups is 3. The van der Waals surface area contributed by atoms with Crippen molar-refractivity contribution in [3.8, 4) is 0 Å².